The van der Waals surface area contributed by atoms with Crippen LogP contribution >= 0.6 is 0 Å². The van der Waals surface area contributed by atoms with E-state index in [1.165, 1.54) is 0 Å². The van der Waals surface area contributed by atoms with Crippen LogP contribution < -0.4 is 11.1 Å². The van der Waals surface area contributed by atoms with Gasteiger partial charge in [-0.1, -0.05) is 0 Å². The van der Waals surface area contributed by atoms with Crippen LogP contribution in [0.5, 0.6) is 0 Å². The Morgan fingerprint density at radius 2 is 2.17 bits per heavy atom. The Balaban J connectivity index is 2.08. The Morgan fingerprint density at radius 1 is 1.50 bits per heavy atom. The lowest BCUT2D eigenvalue weighted by atomic mass is 9.87. The number of nitrogens with one attached hydrogen (secondary N) is 1. The summed E-state index contributed by atoms with van der Waals surface area (Å²) >= 11 is 0. The molecule has 7 heteroatoms. The fourth-order valence-electron chi connectivity index (χ4n) is 1.84. The van der Waals surface area contributed by atoms with Crippen molar-refractivity contribution in [2.45, 2.75) is 24.9 Å². The molecule has 1 aliphatic carbocycles. The van der Waals surface area contributed by atoms with Gasteiger partial charge in [-0.05, 0) is 18.9 Å². The lowest BCUT2D eigenvalue weighted by molar-refractivity contribution is -0.385. The van der Waals surface area contributed by atoms with Crippen LogP contribution in [0.25, 0.3) is 0 Å². The molecule has 3 N–H and O–H groups in total. The quantitative estimate of drug-likeness (QED) is 0.619. The number of carbonyl (C=O) groups excluding carboxylic acids is 1. The summed E-state index contributed by atoms with van der Waals surface area (Å²) < 4.78 is 13.5. The first-order valence-electron chi connectivity index (χ1n) is 5.47. The summed E-state index contributed by atoms with van der Waals surface area (Å²) in [5.41, 5.74) is 4.99. The number of halogens is 1. The van der Waals surface area contributed by atoms with E-state index in [2.05, 4.69) is 5.32 Å². The maximum absolute atomic E-state index is 13.5. The summed E-state index contributed by atoms with van der Waals surface area (Å²) in [6.45, 7) is 0. The van der Waals surface area contributed by atoms with Gasteiger partial charge in [-0.2, -0.15) is 0 Å². The Kier molecular flexibility index (Phi) is 3.24. The number of non-ortho nitro benzene ring substituents is 1. The second-order valence-corrected chi connectivity index (χ2v) is 4.32. The predicted octanol–water partition coefficient (Wildman–Crippen LogP) is 0.953. The zero-order valence-corrected chi connectivity index (χ0v) is 9.43. The number of hydrogen-bond acceptors (Lipinski definition) is 4. The Bertz CT molecular complexity index is 500. The van der Waals surface area contributed by atoms with Crippen molar-refractivity contribution in [1.29, 1.82) is 0 Å². The molecule has 0 aliphatic heterocycles. The fraction of sp³-hybridized carbons (Fsp3) is 0.364. The number of nitrogens with two attached hydrogens (primary N) is 1. The van der Waals surface area contributed by atoms with Crippen LogP contribution in [0.4, 0.5) is 10.1 Å². The van der Waals surface area contributed by atoms with Gasteiger partial charge in [-0.25, -0.2) is 4.39 Å². The summed E-state index contributed by atoms with van der Waals surface area (Å²) in [7, 11) is 0. The van der Waals surface area contributed by atoms with Gasteiger partial charge in [-0.3, -0.25) is 14.9 Å². The van der Waals surface area contributed by atoms with E-state index in [9.17, 15) is 19.3 Å². The first-order chi connectivity index (χ1) is 8.47. The Morgan fingerprint density at radius 3 is 2.67 bits per heavy atom. The van der Waals surface area contributed by atoms with E-state index in [0.717, 1.165) is 18.2 Å². The van der Waals surface area contributed by atoms with Gasteiger partial charge in [0.15, 0.2) is 0 Å². The lowest BCUT2D eigenvalue weighted by Crippen LogP contribution is -2.50. The molecule has 1 aromatic rings. The molecule has 0 heterocycles. The minimum Gasteiger partial charge on any atom is -0.349 e. The molecule has 1 aromatic carbocycles. The zero-order chi connectivity index (χ0) is 13.3. The summed E-state index contributed by atoms with van der Waals surface area (Å²) in [5, 5.41) is 13.1. The average Bonchev–Trinajstić information content (AvgIpc) is 2.26. The van der Waals surface area contributed by atoms with E-state index in [4.69, 9.17) is 5.73 Å². The molecule has 6 nitrogen and oxygen atoms in total. The molecular weight excluding hydrogens is 241 g/mol. The van der Waals surface area contributed by atoms with E-state index >= 15 is 0 Å². The summed E-state index contributed by atoms with van der Waals surface area (Å²) in [6.07, 6.45) is 1.33. The summed E-state index contributed by atoms with van der Waals surface area (Å²) in [5.74, 6) is -1.47. The highest BCUT2D eigenvalue weighted by molar-refractivity contribution is 5.95. The molecule has 2 rings (SSSR count). The second-order valence-electron chi connectivity index (χ2n) is 4.32. The first kappa shape index (κ1) is 12.4. The normalized spacial score (nSPS) is 22.1. The molecule has 1 aliphatic rings. The van der Waals surface area contributed by atoms with E-state index < -0.39 is 16.6 Å². The molecule has 1 saturated carbocycles. The molecule has 18 heavy (non-hydrogen) atoms. The molecule has 96 valence electrons. The van der Waals surface area contributed by atoms with Gasteiger partial charge in [0.2, 0.25) is 0 Å². The van der Waals surface area contributed by atoms with Crippen LogP contribution in [0.1, 0.15) is 23.2 Å². The van der Waals surface area contributed by atoms with E-state index in [1.54, 1.807) is 0 Å². The third-order valence-electron chi connectivity index (χ3n) is 2.92. The minimum atomic E-state index is -0.898. The van der Waals surface area contributed by atoms with Crippen molar-refractivity contribution >= 4 is 11.6 Å². The van der Waals surface area contributed by atoms with Gasteiger partial charge in [-0.15, -0.1) is 0 Å². The minimum absolute atomic E-state index is 0.0397. The van der Waals surface area contributed by atoms with Gasteiger partial charge < -0.3 is 11.1 Å². The van der Waals surface area contributed by atoms with Crippen molar-refractivity contribution < 1.29 is 14.1 Å². The maximum atomic E-state index is 13.5. The number of nitro groups is 1. The molecule has 0 aromatic heterocycles. The molecule has 0 spiro atoms. The van der Waals surface area contributed by atoms with E-state index in [0.29, 0.717) is 12.8 Å². The standard InChI is InChI=1S/C11H12FN3O3/c12-10-5-8(15(17)18)1-2-9(10)11(16)14-7-3-6(13)4-7/h1-2,5-7H,3-4,13H2,(H,14,16). The third-order valence-corrected chi connectivity index (χ3v) is 2.92. The fourth-order valence-corrected chi connectivity index (χ4v) is 1.84. The highest BCUT2D eigenvalue weighted by atomic mass is 19.1. The van der Waals surface area contributed by atoms with Gasteiger partial charge >= 0.3 is 0 Å². The molecule has 1 amide bonds. The van der Waals surface area contributed by atoms with Crippen LogP contribution in [0.15, 0.2) is 18.2 Å². The van der Waals surface area contributed by atoms with Crippen LogP contribution in [-0.4, -0.2) is 22.9 Å². The number of amides is 1. The molecule has 0 saturated heterocycles. The highest BCUT2D eigenvalue weighted by Gasteiger charge is 2.28. The smallest absolute Gasteiger partial charge is 0.272 e. The van der Waals surface area contributed by atoms with Crippen LogP contribution in [0.2, 0.25) is 0 Å². The van der Waals surface area contributed by atoms with Crippen LogP contribution in [0, 0.1) is 15.9 Å². The number of nitro benzene ring substituents is 1. The van der Waals surface area contributed by atoms with Gasteiger partial charge in [0, 0.05) is 18.2 Å². The highest BCUT2D eigenvalue weighted by Crippen LogP contribution is 2.20. The van der Waals surface area contributed by atoms with Gasteiger partial charge in [0.1, 0.15) is 5.82 Å². The second kappa shape index (κ2) is 4.69. The number of carbonyl (C=O) groups is 1. The lowest BCUT2D eigenvalue weighted by Gasteiger charge is -2.32. The molecule has 0 atom stereocenters. The van der Waals surface area contributed by atoms with Crippen molar-refractivity contribution in [1.82, 2.24) is 5.32 Å². The largest absolute Gasteiger partial charge is 0.349 e. The number of nitrogens with zero attached hydrogens (tertiary/aromatic N) is 1. The SMILES string of the molecule is NC1CC(NC(=O)c2ccc([N+](=O)[O-])cc2F)C1. The van der Waals surface area contributed by atoms with E-state index in [-0.39, 0.29) is 23.3 Å². The summed E-state index contributed by atoms with van der Waals surface area (Å²) in [4.78, 5) is 21.4. The Labute approximate surface area is 102 Å². The number of rotatable bonds is 3. The van der Waals surface area contributed by atoms with Crippen LogP contribution in [-0.2, 0) is 0 Å². The monoisotopic (exact) mass is 253 g/mol. The molecule has 0 radical (unpaired) electrons. The van der Waals surface area contributed by atoms with E-state index in [1.807, 2.05) is 0 Å². The van der Waals surface area contributed by atoms with Crippen LogP contribution in [0.3, 0.4) is 0 Å². The molecular formula is C11H12FN3O3. The van der Waals surface area contributed by atoms with Crippen molar-refractivity contribution in [3.8, 4) is 0 Å². The van der Waals surface area contributed by atoms with Crippen molar-refractivity contribution in [3.05, 3.63) is 39.7 Å². The van der Waals surface area contributed by atoms with Crippen molar-refractivity contribution in [2.75, 3.05) is 0 Å². The molecule has 1 fully saturated rings. The van der Waals surface area contributed by atoms with Crippen molar-refractivity contribution in [3.63, 3.8) is 0 Å². The number of benzene rings is 1. The predicted molar refractivity (Wildman–Crippen MR) is 61.5 cm³/mol. The zero-order valence-electron chi connectivity index (χ0n) is 9.43. The van der Waals surface area contributed by atoms with Gasteiger partial charge in [0.05, 0.1) is 16.6 Å². The van der Waals surface area contributed by atoms with Crippen molar-refractivity contribution in [2.24, 2.45) is 5.73 Å². The number of hydrogen-bond donors (Lipinski definition) is 2. The molecule has 0 bridgehead atoms. The molecule has 0 unspecified atom stereocenters. The average molecular weight is 253 g/mol. The maximum Gasteiger partial charge on any atom is 0.272 e. The first-order valence-corrected chi connectivity index (χ1v) is 5.47. The Hall–Kier alpha value is -2.02. The summed E-state index contributed by atoms with van der Waals surface area (Å²) in [6, 6.07) is 2.99. The third kappa shape index (κ3) is 2.45. The topological polar surface area (TPSA) is 98.3 Å². The van der Waals surface area contributed by atoms with Gasteiger partial charge in [0.25, 0.3) is 11.6 Å².